The van der Waals surface area contributed by atoms with Gasteiger partial charge in [0.15, 0.2) is 5.78 Å². The van der Waals surface area contributed by atoms with E-state index in [-0.39, 0.29) is 11.7 Å². The highest BCUT2D eigenvalue weighted by atomic mass is 32.1. The number of benzene rings is 1. The minimum absolute atomic E-state index is 0.0338. The van der Waals surface area contributed by atoms with E-state index in [1.807, 2.05) is 18.2 Å². The average Bonchev–Trinajstić information content (AvgIpc) is 3.33. The highest BCUT2D eigenvalue weighted by Crippen LogP contribution is 2.35. The fraction of sp³-hybridized carbons (Fsp3) is 0.316. The Balaban J connectivity index is 1.69. The van der Waals surface area contributed by atoms with E-state index in [0.717, 1.165) is 23.9 Å². The number of ketones is 1. The van der Waals surface area contributed by atoms with E-state index in [0.29, 0.717) is 22.4 Å². The molecule has 0 radical (unpaired) electrons. The van der Waals surface area contributed by atoms with Crippen LogP contribution in [0.2, 0.25) is 0 Å². The van der Waals surface area contributed by atoms with E-state index >= 15 is 0 Å². The Labute approximate surface area is 149 Å². The van der Waals surface area contributed by atoms with Gasteiger partial charge in [0.05, 0.1) is 15.9 Å². The highest BCUT2D eigenvalue weighted by Gasteiger charge is 2.24. The molecule has 2 aromatic heterocycles. The summed E-state index contributed by atoms with van der Waals surface area (Å²) in [6.07, 6.45) is 4.63. The summed E-state index contributed by atoms with van der Waals surface area (Å²) < 4.78 is 2.17. The molecule has 0 bridgehead atoms. The van der Waals surface area contributed by atoms with E-state index in [1.54, 1.807) is 11.4 Å². The topological polar surface area (TPSA) is 64.0 Å². The van der Waals surface area contributed by atoms with E-state index in [2.05, 4.69) is 20.9 Å². The van der Waals surface area contributed by atoms with Crippen molar-refractivity contribution in [2.75, 3.05) is 5.32 Å². The van der Waals surface area contributed by atoms with E-state index in [9.17, 15) is 9.59 Å². The second-order valence-electron chi connectivity index (χ2n) is 6.44. The van der Waals surface area contributed by atoms with Gasteiger partial charge in [-0.05, 0) is 38.0 Å². The number of Topliss-reactive ketones (excluding diaryl/α,β-unsaturated/α-hetero) is 1. The van der Waals surface area contributed by atoms with E-state index < -0.39 is 0 Å². The van der Waals surface area contributed by atoms with Crippen molar-refractivity contribution >= 4 is 40.0 Å². The molecule has 4 rings (SSSR count). The lowest BCUT2D eigenvalue weighted by Crippen LogP contribution is -2.16. The van der Waals surface area contributed by atoms with Gasteiger partial charge in [0.25, 0.3) is 5.91 Å². The third-order valence-electron chi connectivity index (χ3n) is 4.74. The maximum atomic E-state index is 12.6. The van der Waals surface area contributed by atoms with Crippen LogP contribution in [0.5, 0.6) is 0 Å². The van der Waals surface area contributed by atoms with Crippen LogP contribution in [0.25, 0.3) is 11.0 Å². The van der Waals surface area contributed by atoms with Crippen molar-refractivity contribution in [3.05, 3.63) is 46.2 Å². The monoisotopic (exact) mass is 353 g/mol. The Morgan fingerprint density at radius 1 is 1.24 bits per heavy atom. The maximum absolute atomic E-state index is 12.6. The van der Waals surface area contributed by atoms with Crippen molar-refractivity contribution in [3.8, 4) is 0 Å². The van der Waals surface area contributed by atoms with Crippen LogP contribution in [0.15, 0.2) is 35.7 Å². The summed E-state index contributed by atoms with van der Waals surface area (Å²) >= 11 is 1.28. The molecular formula is C19H19N3O2S. The lowest BCUT2D eigenvalue weighted by atomic mass is 10.2. The third-order valence-corrected chi connectivity index (χ3v) is 5.67. The van der Waals surface area contributed by atoms with Gasteiger partial charge in [-0.2, -0.15) is 0 Å². The van der Waals surface area contributed by atoms with Gasteiger partial charge in [-0.15, -0.1) is 11.3 Å². The van der Waals surface area contributed by atoms with Gasteiger partial charge < -0.3 is 4.57 Å². The summed E-state index contributed by atoms with van der Waals surface area (Å²) in [6.45, 7) is 1.50. The van der Waals surface area contributed by atoms with Crippen molar-refractivity contribution in [2.45, 2.75) is 38.6 Å². The molecule has 5 nitrogen and oxygen atoms in total. The van der Waals surface area contributed by atoms with Gasteiger partial charge in [0.2, 0.25) is 5.95 Å². The molecule has 0 spiro atoms. The van der Waals surface area contributed by atoms with Crippen molar-refractivity contribution in [1.29, 1.82) is 0 Å². The van der Waals surface area contributed by atoms with Crippen LogP contribution in [0, 0.1) is 0 Å². The number of anilines is 1. The molecule has 25 heavy (non-hydrogen) atoms. The summed E-state index contributed by atoms with van der Waals surface area (Å²) in [7, 11) is 0. The van der Waals surface area contributed by atoms with Gasteiger partial charge in [-0.25, -0.2) is 4.98 Å². The first-order valence-electron chi connectivity index (χ1n) is 8.51. The molecule has 128 valence electrons. The normalized spacial score (nSPS) is 14.9. The van der Waals surface area contributed by atoms with Crippen LogP contribution >= 0.6 is 11.3 Å². The Morgan fingerprint density at radius 2 is 2.00 bits per heavy atom. The number of nitrogens with one attached hydrogen (secondary N) is 1. The molecule has 1 amide bonds. The zero-order valence-corrected chi connectivity index (χ0v) is 14.8. The van der Waals surface area contributed by atoms with Crippen molar-refractivity contribution < 1.29 is 9.59 Å². The SMILES string of the molecule is CC(=O)c1csc(C(=O)Nc2nc3ccccc3n2C2CCCC2)c1. The molecular weight excluding hydrogens is 334 g/mol. The third kappa shape index (κ3) is 2.98. The molecule has 1 aliphatic carbocycles. The molecule has 1 N–H and O–H groups in total. The summed E-state index contributed by atoms with van der Waals surface area (Å²) in [5.74, 6) is 0.344. The molecule has 3 aromatic rings. The lowest BCUT2D eigenvalue weighted by molar-refractivity contribution is 0.101. The number of imidazole rings is 1. The Bertz CT molecular complexity index is 951. The number of rotatable bonds is 4. The molecule has 0 saturated heterocycles. The van der Waals surface area contributed by atoms with Gasteiger partial charge in [0.1, 0.15) is 0 Å². The quantitative estimate of drug-likeness (QED) is 0.693. The number of fused-ring (bicyclic) bond motifs is 1. The minimum Gasteiger partial charge on any atom is -0.307 e. The van der Waals surface area contributed by atoms with Crippen LogP contribution in [-0.2, 0) is 0 Å². The number of para-hydroxylation sites is 2. The van der Waals surface area contributed by atoms with E-state index in [1.165, 1.54) is 31.1 Å². The van der Waals surface area contributed by atoms with Gasteiger partial charge in [-0.3, -0.25) is 14.9 Å². The average molecular weight is 353 g/mol. The minimum atomic E-state index is -0.216. The molecule has 1 aromatic carbocycles. The molecule has 1 fully saturated rings. The zero-order valence-electron chi connectivity index (χ0n) is 14.0. The number of amides is 1. The first-order valence-corrected chi connectivity index (χ1v) is 9.39. The molecule has 1 saturated carbocycles. The molecule has 0 unspecified atom stereocenters. The summed E-state index contributed by atoms with van der Waals surface area (Å²) in [6, 6.07) is 9.99. The second kappa shape index (κ2) is 6.44. The van der Waals surface area contributed by atoms with Gasteiger partial charge in [0, 0.05) is 17.0 Å². The lowest BCUT2D eigenvalue weighted by Gasteiger charge is -2.16. The Hall–Kier alpha value is -2.47. The van der Waals surface area contributed by atoms with Crippen molar-refractivity contribution in [1.82, 2.24) is 9.55 Å². The van der Waals surface area contributed by atoms with E-state index in [4.69, 9.17) is 0 Å². The molecule has 6 heteroatoms. The number of aromatic nitrogens is 2. The number of carbonyl (C=O) groups is 2. The number of carbonyl (C=O) groups excluding carboxylic acids is 2. The molecule has 0 aliphatic heterocycles. The van der Waals surface area contributed by atoms with Crippen LogP contribution < -0.4 is 5.32 Å². The Kier molecular flexibility index (Phi) is 4.13. The number of hydrogen-bond donors (Lipinski definition) is 1. The van der Waals surface area contributed by atoms with Gasteiger partial charge >= 0.3 is 0 Å². The largest absolute Gasteiger partial charge is 0.307 e. The van der Waals surface area contributed by atoms with Crippen LogP contribution in [-0.4, -0.2) is 21.2 Å². The number of thiophene rings is 1. The van der Waals surface area contributed by atoms with Gasteiger partial charge in [-0.1, -0.05) is 25.0 Å². The molecule has 0 atom stereocenters. The summed E-state index contributed by atoms with van der Waals surface area (Å²) in [5.41, 5.74) is 2.51. The Morgan fingerprint density at radius 3 is 2.72 bits per heavy atom. The van der Waals surface area contributed by atoms with Crippen LogP contribution in [0.1, 0.15) is 58.7 Å². The first kappa shape index (κ1) is 16.0. The predicted octanol–water partition coefficient (Wildman–Crippen LogP) is 4.67. The maximum Gasteiger partial charge on any atom is 0.268 e. The summed E-state index contributed by atoms with van der Waals surface area (Å²) in [5, 5.41) is 4.68. The summed E-state index contributed by atoms with van der Waals surface area (Å²) in [4.78, 5) is 29.2. The number of nitrogens with zero attached hydrogens (tertiary/aromatic N) is 2. The highest BCUT2D eigenvalue weighted by molar-refractivity contribution is 7.12. The van der Waals surface area contributed by atoms with Crippen molar-refractivity contribution in [3.63, 3.8) is 0 Å². The smallest absolute Gasteiger partial charge is 0.268 e. The second-order valence-corrected chi connectivity index (χ2v) is 7.35. The fourth-order valence-electron chi connectivity index (χ4n) is 3.47. The molecule has 1 aliphatic rings. The fourth-order valence-corrected chi connectivity index (χ4v) is 4.31. The zero-order chi connectivity index (χ0) is 17.4. The predicted molar refractivity (Wildman–Crippen MR) is 99.5 cm³/mol. The van der Waals surface area contributed by atoms with Crippen molar-refractivity contribution in [2.24, 2.45) is 0 Å². The standard InChI is InChI=1S/C19H19N3O2S/c1-12(23)13-10-17(25-11-13)18(24)21-19-20-15-8-4-5-9-16(15)22(19)14-6-2-3-7-14/h4-5,8-11,14H,2-3,6-7H2,1H3,(H,20,21,24). The van der Waals surface area contributed by atoms with Crippen LogP contribution in [0.4, 0.5) is 5.95 Å². The molecule has 2 heterocycles. The van der Waals surface area contributed by atoms with Crippen LogP contribution in [0.3, 0.4) is 0 Å². The number of hydrogen-bond acceptors (Lipinski definition) is 4. The first-order chi connectivity index (χ1) is 12.1.